The van der Waals surface area contributed by atoms with Gasteiger partial charge in [0.25, 0.3) is 0 Å². The molecule has 0 aliphatic heterocycles. The number of methoxy groups -OCH3 is 2. The molecule has 1 unspecified atom stereocenters. The molecule has 0 bridgehead atoms. The Kier molecular flexibility index (Phi) is 5.56. The Morgan fingerprint density at radius 2 is 2.05 bits per heavy atom. The summed E-state index contributed by atoms with van der Waals surface area (Å²) >= 11 is 0. The van der Waals surface area contributed by atoms with Crippen LogP contribution >= 0.6 is 0 Å². The summed E-state index contributed by atoms with van der Waals surface area (Å²) in [6, 6.07) is 1.55. The fourth-order valence-corrected chi connectivity index (χ4v) is 2.79. The zero-order valence-electron chi connectivity index (χ0n) is 11.6. The number of ether oxygens (including phenoxy) is 2. The molecule has 0 aromatic carbocycles. The van der Waals surface area contributed by atoms with Gasteiger partial charge in [-0.1, -0.05) is 0 Å². The highest BCUT2D eigenvalue weighted by Crippen LogP contribution is 2.28. The molecule has 1 aromatic rings. The van der Waals surface area contributed by atoms with Gasteiger partial charge in [-0.25, -0.2) is 8.42 Å². The highest BCUT2D eigenvalue weighted by atomic mass is 32.2. The van der Waals surface area contributed by atoms with E-state index in [9.17, 15) is 8.42 Å². The lowest BCUT2D eigenvalue weighted by molar-refractivity contribution is 0.347. The van der Waals surface area contributed by atoms with Crippen LogP contribution in [0, 0.1) is 0 Å². The van der Waals surface area contributed by atoms with E-state index in [2.05, 4.69) is 10.3 Å². The molecule has 7 heteroatoms. The molecule has 19 heavy (non-hydrogen) atoms. The molecule has 1 aromatic heterocycles. The molecule has 6 nitrogen and oxygen atoms in total. The smallest absolute Gasteiger partial charge is 0.183 e. The first kappa shape index (κ1) is 15.7. The van der Waals surface area contributed by atoms with Gasteiger partial charge in [0, 0.05) is 31.1 Å². The molecule has 0 aliphatic rings. The monoisotopic (exact) mass is 288 g/mol. The zero-order chi connectivity index (χ0) is 14.5. The second kappa shape index (κ2) is 6.72. The van der Waals surface area contributed by atoms with Gasteiger partial charge in [0.15, 0.2) is 11.5 Å². The average molecular weight is 288 g/mol. The third-order valence-corrected chi connectivity index (χ3v) is 3.64. The van der Waals surface area contributed by atoms with Gasteiger partial charge in [0.05, 0.1) is 25.7 Å². The summed E-state index contributed by atoms with van der Waals surface area (Å²) in [4.78, 5) is 4.21. The van der Waals surface area contributed by atoms with Crippen LogP contribution in [-0.4, -0.2) is 45.7 Å². The molecule has 0 spiro atoms. The quantitative estimate of drug-likeness (QED) is 0.792. The lowest BCUT2D eigenvalue weighted by atomic mass is 10.3. The van der Waals surface area contributed by atoms with E-state index >= 15 is 0 Å². The van der Waals surface area contributed by atoms with Crippen molar-refractivity contribution in [2.24, 2.45) is 0 Å². The minimum absolute atomic E-state index is 0.0826. The van der Waals surface area contributed by atoms with E-state index in [-0.39, 0.29) is 11.8 Å². The summed E-state index contributed by atoms with van der Waals surface area (Å²) in [6.45, 7) is 2.23. The van der Waals surface area contributed by atoms with Crippen LogP contribution in [0.15, 0.2) is 12.3 Å². The van der Waals surface area contributed by atoms with Crippen molar-refractivity contribution in [3.05, 3.63) is 18.0 Å². The Labute approximate surface area is 114 Å². The van der Waals surface area contributed by atoms with Gasteiger partial charge >= 0.3 is 0 Å². The number of sulfone groups is 1. The van der Waals surface area contributed by atoms with Crippen LogP contribution < -0.4 is 14.8 Å². The van der Waals surface area contributed by atoms with E-state index in [0.717, 1.165) is 0 Å². The zero-order valence-corrected chi connectivity index (χ0v) is 12.5. The van der Waals surface area contributed by atoms with Crippen LogP contribution in [0.3, 0.4) is 0 Å². The van der Waals surface area contributed by atoms with E-state index in [4.69, 9.17) is 9.47 Å². The van der Waals surface area contributed by atoms with Gasteiger partial charge in [-0.2, -0.15) is 0 Å². The maximum Gasteiger partial charge on any atom is 0.183 e. The highest BCUT2D eigenvalue weighted by molar-refractivity contribution is 7.90. The number of hydrogen-bond acceptors (Lipinski definition) is 6. The summed E-state index contributed by atoms with van der Waals surface area (Å²) < 4.78 is 32.8. The number of hydrogen-bond donors (Lipinski definition) is 1. The van der Waals surface area contributed by atoms with Crippen molar-refractivity contribution >= 4 is 9.84 Å². The molecule has 0 fully saturated rings. The third kappa shape index (κ3) is 5.04. The van der Waals surface area contributed by atoms with Crippen molar-refractivity contribution in [3.63, 3.8) is 0 Å². The van der Waals surface area contributed by atoms with Crippen molar-refractivity contribution in [1.29, 1.82) is 0 Å². The molecule has 0 aliphatic carbocycles. The van der Waals surface area contributed by atoms with E-state index in [1.807, 2.05) is 6.92 Å². The Morgan fingerprint density at radius 3 is 2.58 bits per heavy atom. The van der Waals surface area contributed by atoms with Crippen LogP contribution in [0.2, 0.25) is 0 Å². The molecule has 108 valence electrons. The molecule has 0 radical (unpaired) electrons. The van der Waals surface area contributed by atoms with E-state index < -0.39 is 9.84 Å². The van der Waals surface area contributed by atoms with Gasteiger partial charge in [-0.05, 0) is 6.92 Å². The Bertz CT molecular complexity index is 516. The average Bonchev–Trinajstić information content (AvgIpc) is 2.33. The van der Waals surface area contributed by atoms with Crippen LogP contribution in [-0.2, 0) is 16.4 Å². The van der Waals surface area contributed by atoms with Crippen LogP contribution in [0.25, 0.3) is 0 Å². The van der Waals surface area contributed by atoms with Crippen molar-refractivity contribution in [3.8, 4) is 11.5 Å². The molecule has 1 N–H and O–H groups in total. The van der Waals surface area contributed by atoms with Gasteiger partial charge in [0.1, 0.15) is 9.84 Å². The van der Waals surface area contributed by atoms with Crippen LogP contribution in [0.5, 0.6) is 11.5 Å². The van der Waals surface area contributed by atoms with E-state index in [1.54, 1.807) is 26.5 Å². The topological polar surface area (TPSA) is 77.5 Å². The van der Waals surface area contributed by atoms with E-state index in [1.165, 1.54) is 6.26 Å². The first-order valence-electron chi connectivity index (χ1n) is 5.84. The fourth-order valence-electron chi connectivity index (χ4n) is 1.76. The molecule has 1 rings (SSSR count). The van der Waals surface area contributed by atoms with Crippen molar-refractivity contribution < 1.29 is 17.9 Å². The van der Waals surface area contributed by atoms with Gasteiger partial charge < -0.3 is 14.8 Å². The van der Waals surface area contributed by atoms with Crippen LogP contribution in [0.1, 0.15) is 12.6 Å². The minimum atomic E-state index is -3.00. The first-order valence-corrected chi connectivity index (χ1v) is 7.90. The van der Waals surface area contributed by atoms with Crippen LogP contribution in [0.4, 0.5) is 0 Å². The lowest BCUT2D eigenvalue weighted by Crippen LogP contribution is -2.32. The molecule has 0 amide bonds. The standard InChI is InChI=1S/C12H20N2O4S/c1-9(8-19(4,15)16)14-7-10-12(18-3)11(17-2)5-6-13-10/h5-6,9,14H,7-8H2,1-4H3. The maximum absolute atomic E-state index is 11.2. The number of nitrogens with zero attached hydrogens (tertiary/aromatic N) is 1. The van der Waals surface area contributed by atoms with Crippen molar-refractivity contribution in [2.45, 2.75) is 19.5 Å². The molecular formula is C12H20N2O4S. The number of aromatic nitrogens is 1. The first-order chi connectivity index (χ1) is 8.87. The summed E-state index contributed by atoms with van der Waals surface area (Å²) in [6.07, 6.45) is 2.84. The summed E-state index contributed by atoms with van der Waals surface area (Å²) in [5, 5.41) is 3.10. The molecule has 0 saturated heterocycles. The van der Waals surface area contributed by atoms with Crippen molar-refractivity contribution in [2.75, 3.05) is 26.2 Å². The lowest BCUT2D eigenvalue weighted by Gasteiger charge is -2.15. The van der Waals surface area contributed by atoms with Crippen molar-refractivity contribution in [1.82, 2.24) is 10.3 Å². The van der Waals surface area contributed by atoms with Gasteiger partial charge in [-0.15, -0.1) is 0 Å². The van der Waals surface area contributed by atoms with Gasteiger partial charge in [-0.3, -0.25) is 4.98 Å². The largest absolute Gasteiger partial charge is 0.493 e. The Morgan fingerprint density at radius 1 is 1.37 bits per heavy atom. The SMILES string of the molecule is COc1ccnc(CNC(C)CS(C)(=O)=O)c1OC. The normalized spacial score (nSPS) is 13.1. The summed E-state index contributed by atoms with van der Waals surface area (Å²) in [5.74, 6) is 1.24. The molecule has 0 saturated carbocycles. The second-order valence-electron chi connectivity index (χ2n) is 4.37. The third-order valence-electron chi connectivity index (χ3n) is 2.54. The number of nitrogens with one attached hydrogen (secondary N) is 1. The predicted octanol–water partition coefficient (Wildman–Crippen LogP) is 0.622. The summed E-state index contributed by atoms with van der Waals surface area (Å²) in [7, 11) is 0.106. The van der Waals surface area contributed by atoms with E-state index in [0.29, 0.717) is 23.7 Å². The highest BCUT2D eigenvalue weighted by Gasteiger charge is 2.14. The summed E-state index contributed by atoms with van der Waals surface area (Å²) in [5.41, 5.74) is 0.683. The minimum Gasteiger partial charge on any atom is -0.493 e. The predicted molar refractivity (Wildman–Crippen MR) is 73.4 cm³/mol. The fraction of sp³-hybridized carbons (Fsp3) is 0.583. The second-order valence-corrected chi connectivity index (χ2v) is 6.55. The molecular weight excluding hydrogens is 268 g/mol. The molecule has 1 heterocycles. The Hall–Kier alpha value is -1.34. The molecule has 1 atom stereocenters. The maximum atomic E-state index is 11.2. The number of rotatable bonds is 7. The van der Waals surface area contributed by atoms with Gasteiger partial charge in [0.2, 0.25) is 0 Å². The Balaban J connectivity index is 2.72. The number of pyridine rings is 1.